The SMILES string of the molecule is Cc1ccc(C(=O)N(C)CC(=O)Nc2ccc(Br)cc2C)cn1. The van der Waals surface area contributed by atoms with Crippen LogP contribution in [0.4, 0.5) is 5.69 Å². The molecule has 0 unspecified atom stereocenters. The van der Waals surface area contributed by atoms with Gasteiger partial charge in [0.2, 0.25) is 5.91 Å². The Hall–Kier alpha value is -2.21. The predicted molar refractivity (Wildman–Crippen MR) is 93.4 cm³/mol. The van der Waals surface area contributed by atoms with Crippen LogP contribution < -0.4 is 5.32 Å². The molecule has 1 aromatic heterocycles. The number of pyridine rings is 1. The van der Waals surface area contributed by atoms with Crippen molar-refractivity contribution in [3.63, 3.8) is 0 Å². The van der Waals surface area contributed by atoms with Crippen molar-refractivity contribution in [3.05, 3.63) is 57.8 Å². The first kappa shape index (κ1) is 17.1. The Kier molecular flexibility index (Phi) is 5.50. The van der Waals surface area contributed by atoms with Gasteiger partial charge in [-0.2, -0.15) is 0 Å². The molecule has 5 nitrogen and oxygen atoms in total. The fourth-order valence-corrected chi connectivity index (χ4v) is 2.53. The van der Waals surface area contributed by atoms with Crippen molar-refractivity contribution in [2.75, 3.05) is 18.9 Å². The summed E-state index contributed by atoms with van der Waals surface area (Å²) >= 11 is 3.38. The van der Waals surface area contributed by atoms with E-state index in [9.17, 15) is 9.59 Å². The number of amides is 2. The van der Waals surface area contributed by atoms with E-state index in [2.05, 4.69) is 26.2 Å². The molecule has 0 bridgehead atoms. The van der Waals surface area contributed by atoms with Crippen LogP contribution in [-0.2, 0) is 4.79 Å². The van der Waals surface area contributed by atoms with Gasteiger partial charge in [-0.15, -0.1) is 0 Å². The zero-order valence-electron chi connectivity index (χ0n) is 13.3. The highest BCUT2D eigenvalue weighted by Gasteiger charge is 2.15. The summed E-state index contributed by atoms with van der Waals surface area (Å²) in [6, 6.07) is 9.07. The van der Waals surface area contributed by atoms with Crippen LogP contribution in [0, 0.1) is 13.8 Å². The molecule has 1 heterocycles. The van der Waals surface area contributed by atoms with E-state index in [4.69, 9.17) is 0 Å². The van der Waals surface area contributed by atoms with Gasteiger partial charge >= 0.3 is 0 Å². The van der Waals surface area contributed by atoms with Crippen LogP contribution in [0.15, 0.2) is 41.0 Å². The lowest BCUT2D eigenvalue weighted by molar-refractivity contribution is -0.116. The smallest absolute Gasteiger partial charge is 0.255 e. The molecule has 0 saturated carbocycles. The third kappa shape index (κ3) is 4.63. The quantitative estimate of drug-likeness (QED) is 0.892. The second-order valence-electron chi connectivity index (χ2n) is 5.36. The molecule has 0 fully saturated rings. The van der Waals surface area contributed by atoms with E-state index in [0.717, 1.165) is 21.4 Å². The Labute approximate surface area is 143 Å². The maximum Gasteiger partial charge on any atom is 0.255 e. The third-order valence-electron chi connectivity index (χ3n) is 3.35. The van der Waals surface area contributed by atoms with E-state index in [1.54, 1.807) is 19.2 Å². The van der Waals surface area contributed by atoms with Crippen molar-refractivity contribution >= 4 is 33.4 Å². The predicted octanol–water partition coefficient (Wildman–Crippen LogP) is 3.17. The Morgan fingerprint density at radius 3 is 2.57 bits per heavy atom. The summed E-state index contributed by atoms with van der Waals surface area (Å²) in [4.78, 5) is 29.8. The minimum Gasteiger partial charge on any atom is -0.332 e. The fourth-order valence-electron chi connectivity index (χ4n) is 2.06. The monoisotopic (exact) mass is 375 g/mol. The van der Waals surface area contributed by atoms with Crippen LogP contribution in [0.5, 0.6) is 0 Å². The summed E-state index contributed by atoms with van der Waals surface area (Å²) in [6.07, 6.45) is 1.52. The number of likely N-dealkylation sites (N-methyl/N-ethyl adjacent to an activating group) is 1. The Balaban J connectivity index is 1.99. The highest BCUT2D eigenvalue weighted by molar-refractivity contribution is 9.10. The molecular weight excluding hydrogens is 358 g/mol. The number of carbonyl (C=O) groups is 2. The molecule has 120 valence electrons. The van der Waals surface area contributed by atoms with Crippen molar-refractivity contribution in [1.29, 1.82) is 0 Å². The fraction of sp³-hybridized carbons (Fsp3) is 0.235. The molecule has 0 spiro atoms. The molecular formula is C17H18BrN3O2. The van der Waals surface area contributed by atoms with Gasteiger partial charge in [-0.3, -0.25) is 14.6 Å². The lowest BCUT2D eigenvalue weighted by Crippen LogP contribution is -2.35. The van der Waals surface area contributed by atoms with Gasteiger partial charge in [-0.05, 0) is 49.7 Å². The van der Waals surface area contributed by atoms with E-state index in [1.807, 2.05) is 32.0 Å². The van der Waals surface area contributed by atoms with Gasteiger partial charge in [0, 0.05) is 29.1 Å². The second kappa shape index (κ2) is 7.37. The van der Waals surface area contributed by atoms with E-state index in [0.29, 0.717) is 5.56 Å². The number of hydrogen-bond donors (Lipinski definition) is 1. The van der Waals surface area contributed by atoms with Gasteiger partial charge in [0.05, 0.1) is 12.1 Å². The van der Waals surface area contributed by atoms with Crippen molar-refractivity contribution in [1.82, 2.24) is 9.88 Å². The summed E-state index contributed by atoms with van der Waals surface area (Å²) < 4.78 is 0.951. The first-order valence-corrected chi connectivity index (χ1v) is 7.90. The number of anilines is 1. The summed E-state index contributed by atoms with van der Waals surface area (Å²) in [5, 5.41) is 2.81. The molecule has 0 radical (unpaired) electrons. The first-order valence-electron chi connectivity index (χ1n) is 7.11. The van der Waals surface area contributed by atoms with Crippen LogP contribution in [0.1, 0.15) is 21.6 Å². The summed E-state index contributed by atoms with van der Waals surface area (Å²) in [5.74, 6) is -0.480. The number of aromatic nitrogens is 1. The molecule has 1 N–H and O–H groups in total. The number of hydrogen-bond acceptors (Lipinski definition) is 3. The van der Waals surface area contributed by atoms with Crippen LogP contribution in [0.25, 0.3) is 0 Å². The maximum absolute atomic E-state index is 12.3. The number of carbonyl (C=O) groups excluding carboxylic acids is 2. The van der Waals surface area contributed by atoms with Crippen molar-refractivity contribution in [2.24, 2.45) is 0 Å². The molecule has 0 aliphatic heterocycles. The minimum absolute atomic E-state index is 0.0256. The van der Waals surface area contributed by atoms with E-state index < -0.39 is 0 Å². The van der Waals surface area contributed by atoms with E-state index >= 15 is 0 Å². The topological polar surface area (TPSA) is 62.3 Å². The highest BCUT2D eigenvalue weighted by Crippen LogP contribution is 2.20. The molecule has 2 rings (SSSR count). The third-order valence-corrected chi connectivity index (χ3v) is 3.84. The summed E-state index contributed by atoms with van der Waals surface area (Å²) in [6.45, 7) is 3.74. The molecule has 2 aromatic rings. The summed E-state index contributed by atoms with van der Waals surface area (Å²) in [5.41, 5.74) is 2.99. The number of benzene rings is 1. The number of aryl methyl sites for hydroxylation is 2. The zero-order chi connectivity index (χ0) is 17.0. The Morgan fingerprint density at radius 1 is 1.22 bits per heavy atom. The van der Waals surface area contributed by atoms with Gasteiger partial charge in [0.15, 0.2) is 0 Å². The second-order valence-corrected chi connectivity index (χ2v) is 6.27. The molecule has 6 heteroatoms. The molecule has 0 saturated heterocycles. The molecule has 0 atom stereocenters. The van der Waals surface area contributed by atoms with E-state index in [-0.39, 0.29) is 18.4 Å². The largest absolute Gasteiger partial charge is 0.332 e. The number of rotatable bonds is 4. The number of nitrogens with zero attached hydrogens (tertiary/aromatic N) is 2. The number of halogens is 1. The molecule has 2 amide bonds. The molecule has 23 heavy (non-hydrogen) atoms. The Bertz CT molecular complexity index is 729. The van der Waals surface area contributed by atoms with Crippen molar-refractivity contribution in [3.8, 4) is 0 Å². The highest BCUT2D eigenvalue weighted by atomic mass is 79.9. The summed E-state index contributed by atoms with van der Waals surface area (Å²) in [7, 11) is 1.59. The lowest BCUT2D eigenvalue weighted by Gasteiger charge is -2.17. The first-order chi connectivity index (χ1) is 10.9. The average molecular weight is 376 g/mol. The maximum atomic E-state index is 12.3. The van der Waals surface area contributed by atoms with Crippen molar-refractivity contribution < 1.29 is 9.59 Å². The normalized spacial score (nSPS) is 10.3. The van der Waals surface area contributed by atoms with Crippen LogP contribution in [0.3, 0.4) is 0 Å². The molecule has 0 aliphatic carbocycles. The van der Waals surface area contributed by atoms with Crippen molar-refractivity contribution in [2.45, 2.75) is 13.8 Å². The standard InChI is InChI=1S/C17H18BrN3O2/c1-11-8-14(18)6-7-15(11)20-16(22)10-21(3)17(23)13-5-4-12(2)19-9-13/h4-9H,10H2,1-3H3,(H,20,22). The Morgan fingerprint density at radius 2 is 1.96 bits per heavy atom. The van der Waals surface area contributed by atoms with Gasteiger partial charge in [0.1, 0.15) is 0 Å². The van der Waals surface area contributed by atoms with E-state index in [1.165, 1.54) is 11.1 Å². The molecule has 1 aromatic carbocycles. The zero-order valence-corrected chi connectivity index (χ0v) is 14.8. The van der Waals surface area contributed by atoms with Gasteiger partial charge in [-0.25, -0.2) is 0 Å². The molecule has 0 aliphatic rings. The van der Waals surface area contributed by atoms with Gasteiger partial charge in [0.25, 0.3) is 5.91 Å². The van der Waals surface area contributed by atoms with Crippen LogP contribution in [-0.4, -0.2) is 35.3 Å². The minimum atomic E-state index is -0.244. The van der Waals surface area contributed by atoms with Gasteiger partial charge < -0.3 is 10.2 Å². The number of nitrogens with one attached hydrogen (secondary N) is 1. The van der Waals surface area contributed by atoms with Crippen LogP contribution >= 0.6 is 15.9 Å². The average Bonchev–Trinajstić information content (AvgIpc) is 2.50. The van der Waals surface area contributed by atoms with Gasteiger partial charge in [-0.1, -0.05) is 15.9 Å². The van der Waals surface area contributed by atoms with Crippen LogP contribution in [0.2, 0.25) is 0 Å². The lowest BCUT2D eigenvalue weighted by atomic mass is 10.2.